The van der Waals surface area contributed by atoms with Gasteiger partial charge in [-0.05, 0) is 37.7 Å². The summed E-state index contributed by atoms with van der Waals surface area (Å²) in [6, 6.07) is 1.96. The zero-order valence-corrected chi connectivity index (χ0v) is 13.3. The maximum atomic E-state index is 12.8. The molecule has 1 aromatic rings. The van der Waals surface area contributed by atoms with Crippen LogP contribution in [0.3, 0.4) is 0 Å². The molecule has 1 saturated heterocycles. The number of hydrogen-bond donors (Lipinski definition) is 0. The van der Waals surface area contributed by atoms with Gasteiger partial charge in [0.05, 0.1) is 5.88 Å². The standard InChI is InChI=1S/C14H21ClN2O2S/c1-2-5-16-10-14(7-13(16)8-15)20(18,19)17-9-11-3-4-12(17)6-11/h7,10-12H,2-6,8-9H2,1H3. The Morgan fingerprint density at radius 3 is 2.75 bits per heavy atom. The maximum Gasteiger partial charge on any atom is 0.244 e. The number of aromatic nitrogens is 1. The van der Waals surface area contributed by atoms with Gasteiger partial charge in [0, 0.05) is 31.0 Å². The summed E-state index contributed by atoms with van der Waals surface area (Å²) in [7, 11) is -3.35. The Morgan fingerprint density at radius 2 is 2.20 bits per heavy atom. The van der Waals surface area contributed by atoms with E-state index in [0.717, 1.165) is 31.5 Å². The van der Waals surface area contributed by atoms with Gasteiger partial charge in [-0.3, -0.25) is 0 Å². The maximum absolute atomic E-state index is 12.8. The number of piperidine rings is 1. The predicted octanol–water partition coefficient (Wildman–Crippen LogP) is 2.81. The summed E-state index contributed by atoms with van der Waals surface area (Å²) >= 11 is 5.92. The summed E-state index contributed by atoms with van der Waals surface area (Å²) in [5.74, 6) is 0.918. The molecular formula is C14H21ClN2O2S. The topological polar surface area (TPSA) is 42.3 Å². The van der Waals surface area contributed by atoms with Gasteiger partial charge in [0.1, 0.15) is 4.90 Å². The quantitative estimate of drug-likeness (QED) is 0.784. The van der Waals surface area contributed by atoms with Crippen LogP contribution in [0.4, 0.5) is 0 Å². The fourth-order valence-corrected chi connectivity index (χ4v) is 5.57. The van der Waals surface area contributed by atoms with Crippen LogP contribution in [-0.2, 0) is 22.4 Å². The van der Waals surface area contributed by atoms with E-state index in [-0.39, 0.29) is 6.04 Å². The second-order valence-corrected chi connectivity index (χ2v) is 8.06. The molecule has 0 radical (unpaired) electrons. The molecule has 2 heterocycles. The second kappa shape index (κ2) is 5.35. The SMILES string of the molecule is CCCn1cc(S(=O)(=O)N2CC3CCC2C3)cc1CCl. The van der Waals surface area contributed by atoms with Gasteiger partial charge in [0.2, 0.25) is 10.0 Å². The monoisotopic (exact) mass is 316 g/mol. The molecule has 2 unspecified atom stereocenters. The minimum Gasteiger partial charge on any atom is -0.349 e. The van der Waals surface area contributed by atoms with Crippen molar-refractivity contribution >= 4 is 21.6 Å². The third-order valence-electron chi connectivity index (χ3n) is 4.53. The normalized spacial score (nSPS) is 26.5. The lowest BCUT2D eigenvalue weighted by atomic mass is 10.1. The molecule has 1 aliphatic heterocycles. The molecule has 0 spiro atoms. The Labute approximate surface area is 125 Å². The molecule has 0 N–H and O–H groups in total. The highest BCUT2D eigenvalue weighted by molar-refractivity contribution is 7.89. The molecular weight excluding hydrogens is 296 g/mol. The van der Waals surface area contributed by atoms with Gasteiger partial charge in [-0.25, -0.2) is 8.42 Å². The Kier molecular flexibility index (Phi) is 3.86. The summed E-state index contributed by atoms with van der Waals surface area (Å²) in [4.78, 5) is 0.411. The van der Waals surface area contributed by atoms with E-state index < -0.39 is 10.0 Å². The number of sulfonamides is 1. The summed E-state index contributed by atoms with van der Waals surface area (Å²) < 4.78 is 29.2. The van der Waals surface area contributed by atoms with E-state index in [1.54, 1.807) is 16.6 Å². The molecule has 0 aromatic carbocycles. The van der Waals surface area contributed by atoms with Crippen molar-refractivity contribution in [1.29, 1.82) is 0 Å². The Bertz CT molecular complexity index is 596. The smallest absolute Gasteiger partial charge is 0.244 e. The number of hydrogen-bond acceptors (Lipinski definition) is 2. The summed E-state index contributed by atoms with van der Waals surface area (Å²) in [6.07, 6.45) is 5.95. The highest BCUT2D eigenvalue weighted by atomic mass is 35.5. The van der Waals surface area contributed by atoms with Crippen LogP contribution in [0, 0.1) is 5.92 Å². The van der Waals surface area contributed by atoms with Gasteiger partial charge in [0.15, 0.2) is 0 Å². The van der Waals surface area contributed by atoms with Crippen molar-refractivity contribution in [2.45, 2.75) is 56.0 Å². The highest BCUT2D eigenvalue weighted by Gasteiger charge is 2.44. The molecule has 0 amide bonds. The highest BCUT2D eigenvalue weighted by Crippen LogP contribution is 2.40. The van der Waals surface area contributed by atoms with Crippen molar-refractivity contribution < 1.29 is 8.42 Å². The Morgan fingerprint density at radius 1 is 1.40 bits per heavy atom. The van der Waals surface area contributed by atoms with Gasteiger partial charge in [-0.1, -0.05) is 6.92 Å². The molecule has 4 nitrogen and oxygen atoms in total. The molecule has 6 heteroatoms. The van der Waals surface area contributed by atoms with E-state index in [1.165, 1.54) is 6.42 Å². The average molecular weight is 317 g/mol. The molecule has 2 fully saturated rings. The van der Waals surface area contributed by atoms with Gasteiger partial charge < -0.3 is 4.57 Å². The number of aryl methyl sites for hydroxylation is 1. The van der Waals surface area contributed by atoms with Gasteiger partial charge in [-0.15, -0.1) is 11.6 Å². The van der Waals surface area contributed by atoms with Crippen LogP contribution in [0.1, 0.15) is 38.3 Å². The van der Waals surface area contributed by atoms with Crippen molar-refractivity contribution in [2.75, 3.05) is 6.54 Å². The molecule has 3 rings (SSSR count). The van der Waals surface area contributed by atoms with Gasteiger partial charge in [0.25, 0.3) is 0 Å². The number of halogens is 1. The molecule has 112 valence electrons. The third kappa shape index (κ3) is 2.30. The third-order valence-corrected chi connectivity index (χ3v) is 6.69. The van der Waals surface area contributed by atoms with Crippen molar-refractivity contribution in [3.8, 4) is 0 Å². The minimum atomic E-state index is -3.35. The van der Waals surface area contributed by atoms with E-state index in [4.69, 9.17) is 11.6 Å². The van der Waals surface area contributed by atoms with Crippen LogP contribution in [0.15, 0.2) is 17.2 Å². The Balaban J connectivity index is 1.91. The number of rotatable bonds is 5. The molecule has 2 aliphatic rings. The lowest BCUT2D eigenvalue weighted by molar-refractivity contribution is 0.333. The first-order valence-corrected chi connectivity index (χ1v) is 9.30. The predicted molar refractivity (Wildman–Crippen MR) is 79.3 cm³/mol. The van der Waals surface area contributed by atoms with Gasteiger partial charge >= 0.3 is 0 Å². The fourth-order valence-electron chi connectivity index (χ4n) is 3.54. The van der Waals surface area contributed by atoms with Crippen LogP contribution in [0.2, 0.25) is 0 Å². The molecule has 2 atom stereocenters. The van der Waals surface area contributed by atoms with E-state index in [9.17, 15) is 8.42 Å². The van der Waals surface area contributed by atoms with E-state index in [0.29, 0.717) is 23.2 Å². The van der Waals surface area contributed by atoms with Crippen LogP contribution in [-0.4, -0.2) is 29.9 Å². The van der Waals surface area contributed by atoms with Crippen molar-refractivity contribution in [3.63, 3.8) is 0 Å². The van der Waals surface area contributed by atoms with Crippen LogP contribution in [0.5, 0.6) is 0 Å². The van der Waals surface area contributed by atoms with Crippen molar-refractivity contribution in [3.05, 3.63) is 18.0 Å². The second-order valence-electron chi connectivity index (χ2n) is 5.90. The van der Waals surface area contributed by atoms with Crippen LogP contribution in [0.25, 0.3) is 0 Å². The molecule has 2 bridgehead atoms. The summed E-state index contributed by atoms with van der Waals surface area (Å²) in [5, 5.41) is 0. The van der Waals surface area contributed by atoms with Crippen molar-refractivity contribution in [1.82, 2.24) is 8.87 Å². The van der Waals surface area contributed by atoms with E-state index in [1.807, 2.05) is 4.57 Å². The summed E-state index contributed by atoms with van der Waals surface area (Å²) in [5.41, 5.74) is 0.886. The molecule has 20 heavy (non-hydrogen) atoms. The van der Waals surface area contributed by atoms with E-state index in [2.05, 4.69) is 6.92 Å². The molecule has 1 aromatic heterocycles. The first-order chi connectivity index (χ1) is 9.56. The zero-order chi connectivity index (χ0) is 14.3. The first kappa shape index (κ1) is 14.4. The number of fused-ring (bicyclic) bond motifs is 2. The first-order valence-electron chi connectivity index (χ1n) is 7.33. The minimum absolute atomic E-state index is 0.221. The fraction of sp³-hybridized carbons (Fsp3) is 0.714. The lowest BCUT2D eigenvalue weighted by Gasteiger charge is -2.25. The Hall–Kier alpha value is -0.520. The summed E-state index contributed by atoms with van der Waals surface area (Å²) in [6.45, 7) is 3.58. The van der Waals surface area contributed by atoms with Crippen LogP contribution >= 0.6 is 11.6 Å². The van der Waals surface area contributed by atoms with Crippen LogP contribution < -0.4 is 0 Å². The zero-order valence-electron chi connectivity index (χ0n) is 11.8. The van der Waals surface area contributed by atoms with Gasteiger partial charge in [-0.2, -0.15) is 4.31 Å². The average Bonchev–Trinajstić information content (AvgIpc) is 3.13. The van der Waals surface area contributed by atoms with Crippen molar-refractivity contribution in [2.24, 2.45) is 5.92 Å². The molecule has 1 aliphatic carbocycles. The number of nitrogens with zero attached hydrogens (tertiary/aromatic N) is 2. The number of alkyl halides is 1. The molecule has 1 saturated carbocycles. The van der Waals surface area contributed by atoms with E-state index >= 15 is 0 Å². The largest absolute Gasteiger partial charge is 0.349 e. The lowest BCUT2D eigenvalue weighted by Crippen LogP contribution is -2.37.